The maximum atomic E-state index is 12.3. The molecule has 1 aliphatic rings. The molecule has 4 nitrogen and oxygen atoms in total. The number of fused-ring (bicyclic) bond motifs is 1. The van der Waals surface area contributed by atoms with Crippen molar-refractivity contribution in [2.75, 3.05) is 14.2 Å². The molecule has 0 radical (unpaired) electrons. The van der Waals surface area contributed by atoms with Crippen LogP contribution in [-0.2, 0) is 11.2 Å². The van der Waals surface area contributed by atoms with Crippen molar-refractivity contribution in [3.05, 3.63) is 22.2 Å². The Bertz CT molecular complexity index is 527. The number of carbonyl (C=O) groups excluding carboxylic acids is 1. The molecule has 1 aromatic rings. The number of hydrogen-bond donors (Lipinski definition) is 0. The van der Waals surface area contributed by atoms with Crippen molar-refractivity contribution in [1.82, 2.24) is 0 Å². The molecule has 116 valence electrons. The van der Waals surface area contributed by atoms with Crippen LogP contribution in [0.4, 0.5) is 0 Å². The van der Waals surface area contributed by atoms with Crippen LogP contribution in [0.15, 0.2) is 6.07 Å². The maximum absolute atomic E-state index is 12.3. The van der Waals surface area contributed by atoms with Gasteiger partial charge in [-0.05, 0) is 18.4 Å². The van der Waals surface area contributed by atoms with Crippen molar-refractivity contribution in [3.63, 3.8) is 0 Å². The van der Waals surface area contributed by atoms with E-state index in [1.54, 1.807) is 13.2 Å². The molecule has 0 saturated carbocycles. The van der Waals surface area contributed by atoms with E-state index in [1.165, 1.54) is 7.11 Å². The molecular formula is C16H21ClO4. The van der Waals surface area contributed by atoms with Gasteiger partial charge in [-0.1, -0.05) is 31.4 Å². The summed E-state index contributed by atoms with van der Waals surface area (Å²) in [6.45, 7) is 2.15. The highest BCUT2D eigenvalue weighted by Crippen LogP contribution is 2.41. The van der Waals surface area contributed by atoms with Crippen molar-refractivity contribution in [1.29, 1.82) is 0 Å². The first kappa shape index (κ1) is 16.0. The summed E-state index contributed by atoms with van der Waals surface area (Å²) in [4.78, 5) is 12.3. The van der Waals surface area contributed by atoms with Crippen LogP contribution in [0.3, 0.4) is 0 Å². The van der Waals surface area contributed by atoms with Crippen LogP contribution >= 0.6 is 11.6 Å². The van der Waals surface area contributed by atoms with E-state index in [2.05, 4.69) is 6.92 Å². The third-order valence-corrected chi connectivity index (χ3v) is 4.19. The van der Waals surface area contributed by atoms with Gasteiger partial charge in [0.05, 0.1) is 19.2 Å². The van der Waals surface area contributed by atoms with Gasteiger partial charge < -0.3 is 14.2 Å². The van der Waals surface area contributed by atoms with E-state index in [-0.39, 0.29) is 12.1 Å². The maximum Gasteiger partial charge on any atom is 0.342 e. The van der Waals surface area contributed by atoms with Crippen molar-refractivity contribution in [2.45, 2.75) is 45.1 Å². The van der Waals surface area contributed by atoms with Gasteiger partial charge in [-0.3, -0.25) is 0 Å². The molecule has 1 atom stereocenters. The lowest BCUT2D eigenvalue weighted by atomic mass is 9.94. The molecule has 0 spiro atoms. The fourth-order valence-corrected chi connectivity index (χ4v) is 2.95. The van der Waals surface area contributed by atoms with Gasteiger partial charge in [0, 0.05) is 12.5 Å². The molecule has 2 rings (SSSR count). The van der Waals surface area contributed by atoms with Crippen LogP contribution in [-0.4, -0.2) is 26.3 Å². The summed E-state index contributed by atoms with van der Waals surface area (Å²) >= 11 is 6.36. The van der Waals surface area contributed by atoms with Crippen LogP contribution < -0.4 is 9.47 Å². The molecule has 21 heavy (non-hydrogen) atoms. The van der Waals surface area contributed by atoms with E-state index in [4.69, 9.17) is 25.8 Å². The van der Waals surface area contributed by atoms with Crippen LogP contribution in [0.5, 0.6) is 11.5 Å². The van der Waals surface area contributed by atoms with Gasteiger partial charge in [-0.25, -0.2) is 4.79 Å². The highest BCUT2D eigenvalue weighted by Gasteiger charge is 2.32. The third kappa shape index (κ3) is 3.26. The molecular weight excluding hydrogens is 292 g/mol. The Hall–Kier alpha value is -1.42. The Morgan fingerprint density at radius 2 is 2.00 bits per heavy atom. The predicted octanol–water partition coefficient (Wildman–Crippen LogP) is 4.02. The van der Waals surface area contributed by atoms with Crippen LogP contribution in [0.1, 0.15) is 48.5 Å². The number of methoxy groups -OCH3 is 2. The Morgan fingerprint density at radius 1 is 1.29 bits per heavy atom. The lowest BCUT2D eigenvalue weighted by Gasteiger charge is -2.27. The highest BCUT2D eigenvalue weighted by molar-refractivity contribution is 6.33. The highest BCUT2D eigenvalue weighted by atomic mass is 35.5. The summed E-state index contributed by atoms with van der Waals surface area (Å²) in [5, 5.41) is 0.477. The Balaban J connectivity index is 2.33. The molecule has 1 unspecified atom stereocenters. The van der Waals surface area contributed by atoms with Gasteiger partial charge in [-0.15, -0.1) is 0 Å². The SMILES string of the molecule is CCCCCC1Cc2c(Cl)c(OC)cc(OC)c2C(=O)O1. The number of rotatable bonds is 6. The van der Waals surface area contributed by atoms with Gasteiger partial charge in [0.15, 0.2) is 0 Å². The van der Waals surface area contributed by atoms with E-state index in [0.29, 0.717) is 28.5 Å². The summed E-state index contributed by atoms with van der Waals surface area (Å²) in [7, 11) is 3.07. The van der Waals surface area contributed by atoms with Crippen molar-refractivity contribution in [2.24, 2.45) is 0 Å². The van der Waals surface area contributed by atoms with E-state index in [1.807, 2.05) is 0 Å². The average Bonchev–Trinajstić information content (AvgIpc) is 2.48. The second-order valence-corrected chi connectivity index (χ2v) is 5.55. The van der Waals surface area contributed by atoms with Gasteiger partial charge in [0.2, 0.25) is 0 Å². The second-order valence-electron chi connectivity index (χ2n) is 5.18. The van der Waals surface area contributed by atoms with Gasteiger partial charge in [0.25, 0.3) is 0 Å². The molecule has 1 heterocycles. The molecule has 0 amide bonds. The first-order valence-corrected chi connectivity index (χ1v) is 7.64. The summed E-state index contributed by atoms with van der Waals surface area (Å²) in [6.07, 6.45) is 4.66. The minimum Gasteiger partial charge on any atom is -0.496 e. The number of benzene rings is 1. The zero-order valence-electron chi connectivity index (χ0n) is 12.7. The number of halogens is 1. The van der Waals surface area contributed by atoms with Gasteiger partial charge >= 0.3 is 5.97 Å². The molecule has 0 aromatic heterocycles. The summed E-state index contributed by atoms with van der Waals surface area (Å²) in [6, 6.07) is 1.62. The first-order chi connectivity index (χ1) is 10.1. The Labute approximate surface area is 130 Å². The smallest absolute Gasteiger partial charge is 0.342 e. The molecule has 0 fully saturated rings. The topological polar surface area (TPSA) is 44.8 Å². The number of ether oxygens (including phenoxy) is 3. The number of carbonyl (C=O) groups is 1. The number of esters is 1. The standard InChI is InChI=1S/C16H21ClO4/c1-4-5-6-7-10-8-11-14(16(18)21-10)12(19-2)9-13(20-3)15(11)17/h9-10H,4-8H2,1-3H3. The van der Waals surface area contributed by atoms with E-state index in [9.17, 15) is 4.79 Å². The second kappa shape index (κ2) is 7.03. The lowest BCUT2D eigenvalue weighted by Crippen LogP contribution is -2.28. The normalized spacial score (nSPS) is 17.1. The number of hydrogen-bond acceptors (Lipinski definition) is 4. The van der Waals surface area contributed by atoms with Gasteiger partial charge in [-0.2, -0.15) is 0 Å². The van der Waals surface area contributed by atoms with E-state index < -0.39 is 0 Å². The molecule has 1 aromatic carbocycles. The fraction of sp³-hybridized carbons (Fsp3) is 0.562. The monoisotopic (exact) mass is 312 g/mol. The van der Waals surface area contributed by atoms with Gasteiger partial charge in [0.1, 0.15) is 23.2 Å². The zero-order valence-corrected chi connectivity index (χ0v) is 13.5. The van der Waals surface area contributed by atoms with Crippen LogP contribution in [0.25, 0.3) is 0 Å². The van der Waals surface area contributed by atoms with Crippen LogP contribution in [0, 0.1) is 0 Å². The minimum absolute atomic E-state index is 0.120. The van der Waals surface area contributed by atoms with E-state index >= 15 is 0 Å². The summed E-state index contributed by atoms with van der Waals surface area (Å²) < 4.78 is 16.0. The average molecular weight is 313 g/mol. The predicted molar refractivity (Wildman–Crippen MR) is 81.6 cm³/mol. The Kier molecular flexibility index (Phi) is 5.34. The first-order valence-electron chi connectivity index (χ1n) is 7.26. The Morgan fingerprint density at radius 3 is 2.62 bits per heavy atom. The summed E-state index contributed by atoms with van der Waals surface area (Å²) in [5.41, 5.74) is 1.20. The molecule has 0 N–H and O–H groups in total. The number of cyclic esters (lactones) is 1. The third-order valence-electron chi connectivity index (χ3n) is 3.77. The quantitative estimate of drug-likeness (QED) is 0.588. The zero-order chi connectivity index (χ0) is 15.4. The van der Waals surface area contributed by atoms with Crippen LogP contribution in [0.2, 0.25) is 5.02 Å². The molecule has 1 aliphatic heterocycles. The lowest BCUT2D eigenvalue weighted by molar-refractivity contribution is 0.0227. The number of unbranched alkanes of at least 4 members (excludes halogenated alkanes) is 2. The fourth-order valence-electron chi connectivity index (χ4n) is 2.65. The van der Waals surface area contributed by atoms with Crippen molar-refractivity contribution >= 4 is 17.6 Å². The van der Waals surface area contributed by atoms with E-state index in [0.717, 1.165) is 31.2 Å². The molecule has 5 heteroatoms. The van der Waals surface area contributed by atoms with Crippen molar-refractivity contribution in [3.8, 4) is 11.5 Å². The van der Waals surface area contributed by atoms with Crippen molar-refractivity contribution < 1.29 is 19.0 Å². The molecule has 0 aliphatic carbocycles. The summed E-state index contributed by atoms with van der Waals surface area (Å²) in [5.74, 6) is 0.608. The largest absolute Gasteiger partial charge is 0.496 e. The molecule has 0 saturated heterocycles. The minimum atomic E-state index is -0.362. The molecule has 0 bridgehead atoms.